The van der Waals surface area contributed by atoms with E-state index in [1.54, 1.807) is 0 Å². The van der Waals surface area contributed by atoms with Crippen LogP contribution in [-0.4, -0.2) is 35.0 Å². The second-order valence-corrected chi connectivity index (χ2v) is 4.01. The Kier molecular flexibility index (Phi) is 2.26. The Hall–Kier alpha value is -0.610. The monoisotopic (exact) mass is 186 g/mol. The summed E-state index contributed by atoms with van der Waals surface area (Å²) in [4.78, 5) is 10.9. The van der Waals surface area contributed by atoms with E-state index in [1.807, 2.05) is 0 Å². The van der Waals surface area contributed by atoms with Gasteiger partial charge in [-0.3, -0.25) is 4.79 Å². The van der Waals surface area contributed by atoms with Crippen LogP contribution in [0.1, 0.15) is 19.3 Å². The summed E-state index contributed by atoms with van der Waals surface area (Å²) in [5.74, 6) is 0.278. The molecule has 0 amide bonds. The number of cyclic esters (lactones) is 1. The lowest BCUT2D eigenvalue weighted by molar-refractivity contribution is -0.159. The molecule has 0 bridgehead atoms. The van der Waals surface area contributed by atoms with Crippen molar-refractivity contribution in [2.24, 2.45) is 11.8 Å². The van der Waals surface area contributed by atoms with Gasteiger partial charge in [0.15, 0.2) is 0 Å². The number of carbonyl (C=O) groups excluding carboxylic acids is 1. The first-order valence-electron chi connectivity index (χ1n) is 4.68. The van der Waals surface area contributed by atoms with E-state index in [9.17, 15) is 15.0 Å². The number of ether oxygens (including phenoxy) is 1. The highest BCUT2D eigenvalue weighted by Gasteiger charge is 2.39. The van der Waals surface area contributed by atoms with Gasteiger partial charge in [-0.25, -0.2) is 0 Å². The Labute approximate surface area is 76.5 Å². The van der Waals surface area contributed by atoms with Crippen molar-refractivity contribution in [2.45, 2.75) is 31.5 Å². The maximum absolute atomic E-state index is 10.9. The van der Waals surface area contributed by atoms with Crippen LogP contribution in [0, 0.1) is 11.8 Å². The molecule has 13 heavy (non-hydrogen) atoms. The topological polar surface area (TPSA) is 66.8 Å². The molecule has 1 saturated heterocycles. The summed E-state index contributed by atoms with van der Waals surface area (Å²) in [7, 11) is 0. The second kappa shape index (κ2) is 3.27. The number of carbonyl (C=O) groups is 1. The maximum atomic E-state index is 10.9. The maximum Gasteiger partial charge on any atom is 0.306 e. The van der Waals surface area contributed by atoms with Gasteiger partial charge in [0.25, 0.3) is 0 Å². The molecule has 0 aromatic heterocycles. The fourth-order valence-corrected chi connectivity index (χ4v) is 2.25. The third-order valence-corrected chi connectivity index (χ3v) is 3.09. The van der Waals surface area contributed by atoms with Gasteiger partial charge in [-0.2, -0.15) is 0 Å². The van der Waals surface area contributed by atoms with E-state index in [-0.39, 0.29) is 17.8 Å². The normalized spacial score (nSPS) is 45.2. The Balaban J connectivity index is 2.02. The van der Waals surface area contributed by atoms with Crippen molar-refractivity contribution in [1.29, 1.82) is 0 Å². The fraction of sp³-hybridized carbons (Fsp3) is 0.889. The van der Waals surface area contributed by atoms with Crippen LogP contribution in [0.15, 0.2) is 0 Å². The third-order valence-electron chi connectivity index (χ3n) is 3.09. The summed E-state index contributed by atoms with van der Waals surface area (Å²) in [5, 5.41) is 18.8. The van der Waals surface area contributed by atoms with E-state index < -0.39 is 12.2 Å². The summed E-state index contributed by atoms with van der Waals surface area (Å²) < 4.78 is 4.90. The minimum atomic E-state index is -0.660. The van der Waals surface area contributed by atoms with E-state index in [0.717, 1.165) is 0 Å². The van der Waals surface area contributed by atoms with E-state index in [2.05, 4.69) is 0 Å². The van der Waals surface area contributed by atoms with Gasteiger partial charge in [-0.15, -0.1) is 0 Å². The molecule has 74 valence electrons. The average Bonchev–Trinajstić information content (AvgIpc) is 2.08. The highest BCUT2D eigenvalue weighted by atomic mass is 16.5. The first-order valence-corrected chi connectivity index (χ1v) is 4.68. The number of esters is 1. The number of hydrogen-bond donors (Lipinski definition) is 2. The van der Waals surface area contributed by atoms with Gasteiger partial charge in [0, 0.05) is 6.42 Å². The largest absolute Gasteiger partial charge is 0.465 e. The van der Waals surface area contributed by atoms with Crippen molar-refractivity contribution in [3.05, 3.63) is 0 Å². The molecule has 0 radical (unpaired) electrons. The minimum absolute atomic E-state index is 0.176. The predicted molar refractivity (Wildman–Crippen MR) is 43.8 cm³/mol. The van der Waals surface area contributed by atoms with E-state index in [4.69, 9.17) is 4.74 Å². The molecule has 2 rings (SSSR count). The van der Waals surface area contributed by atoms with Crippen LogP contribution in [0.4, 0.5) is 0 Å². The summed E-state index contributed by atoms with van der Waals surface area (Å²) in [5.41, 5.74) is 0. The molecule has 4 heteroatoms. The molecule has 2 N–H and O–H groups in total. The predicted octanol–water partition coefficient (Wildman–Crippen LogP) is -0.319. The Morgan fingerprint density at radius 3 is 2.46 bits per heavy atom. The molecular weight excluding hydrogens is 172 g/mol. The van der Waals surface area contributed by atoms with Crippen LogP contribution in [0.5, 0.6) is 0 Å². The van der Waals surface area contributed by atoms with E-state index in [0.29, 0.717) is 25.9 Å². The first kappa shape index (κ1) is 8.97. The lowest BCUT2D eigenvalue weighted by atomic mass is 9.74. The molecule has 1 aliphatic carbocycles. The van der Waals surface area contributed by atoms with Gasteiger partial charge in [-0.05, 0) is 24.7 Å². The Morgan fingerprint density at radius 1 is 1.15 bits per heavy atom. The molecule has 2 fully saturated rings. The van der Waals surface area contributed by atoms with Crippen molar-refractivity contribution < 1.29 is 19.7 Å². The van der Waals surface area contributed by atoms with Gasteiger partial charge in [0.1, 0.15) is 0 Å². The number of rotatable bonds is 0. The summed E-state index contributed by atoms with van der Waals surface area (Å²) in [6, 6.07) is 0. The standard InChI is InChI=1S/C9H14O4/c10-7-1-5-3-9(12)13-4-6(5)2-8(7)11/h5-8,10-11H,1-4H2/t5-,6+,7?,8?/m1/s1. The van der Waals surface area contributed by atoms with Gasteiger partial charge < -0.3 is 14.9 Å². The van der Waals surface area contributed by atoms with Crippen molar-refractivity contribution in [3.8, 4) is 0 Å². The van der Waals surface area contributed by atoms with Gasteiger partial charge in [-0.1, -0.05) is 0 Å². The molecule has 2 aliphatic rings. The quantitative estimate of drug-likeness (QED) is 0.509. The van der Waals surface area contributed by atoms with Crippen LogP contribution in [-0.2, 0) is 9.53 Å². The molecule has 0 spiro atoms. The van der Waals surface area contributed by atoms with Gasteiger partial charge in [0.05, 0.1) is 18.8 Å². The van der Waals surface area contributed by atoms with E-state index in [1.165, 1.54) is 0 Å². The highest BCUT2D eigenvalue weighted by Crippen LogP contribution is 2.35. The van der Waals surface area contributed by atoms with Crippen molar-refractivity contribution in [1.82, 2.24) is 0 Å². The van der Waals surface area contributed by atoms with Crippen LogP contribution in [0.25, 0.3) is 0 Å². The number of aliphatic hydroxyl groups excluding tert-OH is 2. The van der Waals surface area contributed by atoms with Crippen LogP contribution in [0.2, 0.25) is 0 Å². The smallest absolute Gasteiger partial charge is 0.306 e. The zero-order chi connectivity index (χ0) is 9.42. The van der Waals surface area contributed by atoms with Gasteiger partial charge >= 0.3 is 5.97 Å². The molecule has 4 nitrogen and oxygen atoms in total. The van der Waals surface area contributed by atoms with Crippen molar-refractivity contribution in [2.75, 3.05) is 6.61 Å². The molecule has 4 atom stereocenters. The SMILES string of the molecule is O=C1C[C@H]2CC(O)C(O)C[C@H]2CO1. The Morgan fingerprint density at radius 2 is 1.77 bits per heavy atom. The number of fused-ring (bicyclic) bond motifs is 1. The summed E-state index contributed by atoms with van der Waals surface area (Å²) in [6.07, 6.45) is 0.180. The zero-order valence-corrected chi connectivity index (χ0v) is 7.35. The average molecular weight is 186 g/mol. The summed E-state index contributed by atoms with van der Waals surface area (Å²) in [6.45, 7) is 0.410. The highest BCUT2D eigenvalue weighted by molar-refractivity contribution is 5.70. The molecule has 2 unspecified atom stereocenters. The molecule has 0 aromatic carbocycles. The second-order valence-electron chi connectivity index (χ2n) is 4.01. The number of aliphatic hydroxyl groups is 2. The van der Waals surface area contributed by atoms with Crippen molar-refractivity contribution >= 4 is 5.97 Å². The van der Waals surface area contributed by atoms with Crippen LogP contribution < -0.4 is 0 Å². The molecule has 1 saturated carbocycles. The van der Waals surface area contributed by atoms with Crippen molar-refractivity contribution in [3.63, 3.8) is 0 Å². The van der Waals surface area contributed by atoms with Crippen LogP contribution >= 0.6 is 0 Å². The minimum Gasteiger partial charge on any atom is -0.465 e. The Bertz CT molecular complexity index is 216. The molecule has 1 aliphatic heterocycles. The van der Waals surface area contributed by atoms with E-state index >= 15 is 0 Å². The lowest BCUT2D eigenvalue weighted by Crippen LogP contribution is -2.44. The lowest BCUT2D eigenvalue weighted by Gasteiger charge is -2.39. The van der Waals surface area contributed by atoms with Gasteiger partial charge in [0.2, 0.25) is 0 Å². The first-order chi connectivity index (χ1) is 6.16. The summed E-state index contributed by atoms with van der Waals surface area (Å²) >= 11 is 0. The fourth-order valence-electron chi connectivity index (χ4n) is 2.25. The molecular formula is C9H14O4. The third kappa shape index (κ3) is 1.69. The molecule has 0 aromatic rings. The number of hydrogen-bond acceptors (Lipinski definition) is 4. The van der Waals surface area contributed by atoms with Crippen LogP contribution in [0.3, 0.4) is 0 Å². The zero-order valence-electron chi connectivity index (χ0n) is 7.35. The molecule has 1 heterocycles.